The fraction of sp³-hybridized carbons (Fsp3) is 0.344. The van der Waals surface area contributed by atoms with Crippen molar-refractivity contribution in [2.45, 2.75) is 143 Å². The summed E-state index contributed by atoms with van der Waals surface area (Å²) in [5.41, 5.74) is 7.09. The lowest BCUT2D eigenvalue weighted by molar-refractivity contribution is 0.00578. The Hall–Kier alpha value is -6.81. The van der Waals surface area contributed by atoms with Gasteiger partial charge in [0.25, 0.3) is 0 Å². The number of halogens is 2. The van der Waals surface area contributed by atoms with Gasteiger partial charge in [0, 0.05) is 47.0 Å². The fourth-order valence-corrected chi connectivity index (χ4v) is 12.0. The predicted molar refractivity (Wildman–Crippen MR) is 352 cm³/mol. The molecule has 3 aliphatic rings. The molecule has 3 fully saturated rings. The Morgan fingerprint density at radius 3 is 1.26 bits per heavy atom. The molecule has 88 heavy (non-hydrogen) atoms. The van der Waals surface area contributed by atoms with E-state index in [0.29, 0.717) is 39.8 Å². The van der Waals surface area contributed by atoms with Crippen LogP contribution in [0.4, 0.5) is 0 Å². The van der Waals surface area contributed by atoms with Crippen LogP contribution in [-0.4, -0.2) is 79.7 Å². The van der Waals surface area contributed by atoms with Gasteiger partial charge in [-0.05, 0) is 164 Å². The second-order valence-electron chi connectivity index (χ2n) is 24.1. The van der Waals surface area contributed by atoms with Gasteiger partial charge in [0.15, 0.2) is 11.8 Å². The summed E-state index contributed by atoms with van der Waals surface area (Å²) in [6.07, 6.45) is 4.09. The van der Waals surface area contributed by atoms with Crippen LogP contribution in [0.15, 0.2) is 122 Å². The number of nitriles is 3. The number of fused-ring (bicyclic) bond motifs is 3. The molecule has 3 saturated heterocycles. The summed E-state index contributed by atoms with van der Waals surface area (Å²) in [5, 5.41) is 36.4. The van der Waals surface area contributed by atoms with E-state index in [2.05, 4.69) is 55.3 Å². The van der Waals surface area contributed by atoms with Crippen LogP contribution >= 0.6 is 57.2 Å². The first kappa shape index (κ1) is 65.6. The van der Waals surface area contributed by atoms with Gasteiger partial charge in [-0.15, -0.1) is 45.6 Å². The zero-order chi connectivity index (χ0) is 63.6. The highest BCUT2D eigenvalue weighted by Gasteiger charge is 2.64. The molecule has 450 valence electrons. The van der Waals surface area contributed by atoms with Crippen molar-refractivity contribution in [2.24, 2.45) is 0 Å². The number of hydrogen-bond acceptors (Lipinski definition) is 19. The van der Waals surface area contributed by atoms with Crippen LogP contribution in [0.5, 0.6) is 0 Å². The van der Waals surface area contributed by atoms with Crippen LogP contribution in [0.2, 0.25) is 5.02 Å². The number of hydrogen-bond donors (Lipinski definition) is 0. The molecule has 0 atom stereocenters. The van der Waals surface area contributed by atoms with Crippen molar-refractivity contribution in [3.63, 3.8) is 0 Å². The predicted octanol–water partition coefficient (Wildman–Crippen LogP) is 15.6. The SMILES string of the molecule is CC1(C)OB(B2OC(C)(C)C(C)(C)O2)OC1(C)C.CC1(C)OB(c2cc(C#N)nc3sccc23)OC1(C)C.Cc1nc(-c2ccc(CCl)cc2)co1.Cc1nc(-c2ccc(Cc3cc(C#N)nc4sccc34)cc2)co1.N#Cc1cc(Cl)c2ccsc2n1. The molecule has 13 rings (SSSR count). The molecule has 16 nitrogen and oxygen atoms in total. The molecule has 0 spiro atoms. The molecule has 3 aliphatic heterocycles. The third kappa shape index (κ3) is 14.6. The molecule has 0 radical (unpaired) electrons. The van der Waals surface area contributed by atoms with Gasteiger partial charge in [0.2, 0.25) is 0 Å². The van der Waals surface area contributed by atoms with Crippen molar-refractivity contribution in [1.82, 2.24) is 24.9 Å². The first-order chi connectivity index (χ1) is 41.5. The lowest BCUT2D eigenvalue weighted by atomic mass is 9.49. The van der Waals surface area contributed by atoms with Crippen molar-refractivity contribution in [3.8, 4) is 40.7 Å². The maximum atomic E-state index is 9.17. The number of rotatable bonds is 7. The van der Waals surface area contributed by atoms with Gasteiger partial charge < -0.3 is 36.8 Å². The van der Waals surface area contributed by atoms with Crippen molar-refractivity contribution < 1.29 is 36.8 Å². The Bertz CT molecular complexity index is 4160. The van der Waals surface area contributed by atoms with Crippen molar-refractivity contribution in [2.75, 3.05) is 0 Å². The lowest BCUT2D eigenvalue weighted by Crippen LogP contribution is -2.41. The van der Waals surface area contributed by atoms with Gasteiger partial charge in [-0.1, -0.05) is 60.1 Å². The first-order valence-electron chi connectivity index (χ1n) is 28.2. The summed E-state index contributed by atoms with van der Waals surface area (Å²) in [6, 6.07) is 33.6. The van der Waals surface area contributed by atoms with E-state index in [1.54, 1.807) is 36.0 Å². The van der Waals surface area contributed by atoms with E-state index in [9.17, 15) is 0 Å². The van der Waals surface area contributed by atoms with E-state index >= 15 is 0 Å². The number of nitrogens with zero attached hydrogens (tertiary/aromatic N) is 8. The van der Waals surface area contributed by atoms with Crippen LogP contribution in [0.3, 0.4) is 0 Å². The van der Waals surface area contributed by atoms with Gasteiger partial charge in [0.1, 0.15) is 73.7 Å². The number of aryl methyl sites for hydroxylation is 2. The zero-order valence-electron chi connectivity index (χ0n) is 51.4. The largest absolute Gasteiger partial charge is 0.495 e. The van der Waals surface area contributed by atoms with Crippen LogP contribution in [-0.2, 0) is 40.2 Å². The van der Waals surface area contributed by atoms with E-state index in [0.717, 1.165) is 76.2 Å². The second-order valence-corrected chi connectivity index (χ2v) is 27.4. The summed E-state index contributed by atoms with van der Waals surface area (Å²) < 4.78 is 46.4. The van der Waals surface area contributed by atoms with Gasteiger partial charge >= 0.3 is 21.1 Å². The highest BCUT2D eigenvalue weighted by Crippen LogP contribution is 2.43. The number of oxazole rings is 2. The monoisotopic (exact) mass is 1270 g/mol. The minimum atomic E-state index is -0.476. The Morgan fingerprint density at radius 1 is 0.466 bits per heavy atom. The molecule has 0 saturated carbocycles. The number of alkyl halides is 1. The normalized spacial score (nSPS) is 17.1. The third-order valence-corrected chi connectivity index (χ3v) is 19.3. The molecule has 0 amide bonds. The van der Waals surface area contributed by atoms with E-state index < -0.39 is 32.3 Å². The third-order valence-electron chi connectivity index (χ3n) is 16.3. The van der Waals surface area contributed by atoms with E-state index in [1.807, 2.05) is 174 Å². The molecule has 0 bridgehead atoms. The number of thiophene rings is 3. The van der Waals surface area contributed by atoms with E-state index in [4.69, 9.17) is 75.7 Å². The van der Waals surface area contributed by atoms with Crippen LogP contribution in [0, 0.1) is 47.8 Å². The topological polar surface area (TPSA) is 217 Å². The molecule has 0 N–H and O–H groups in total. The molecule has 24 heteroatoms. The maximum absolute atomic E-state index is 9.17. The van der Waals surface area contributed by atoms with E-state index in [1.165, 1.54) is 28.2 Å². The number of pyridine rings is 3. The van der Waals surface area contributed by atoms with Gasteiger partial charge in [0.05, 0.1) is 38.6 Å². The van der Waals surface area contributed by atoms with Gasteiger partial charge in [-0.2, -0.15) is 15.8 Å². The number of benzene rings is 2. The van der Waals surface area contributed by atoms with Crippen LogP contribution in [0.25, 0.3) is 53.2 Å². The molecule has 0 aliphatic carbocycles. The Kier molecular flexibility index (Phi) is 19.6. The highest BCUT2D eigenvalue weighted by atomic mass is 35.5. The summed E-state index contributed by atoms with van der Waals surface area (Å²) in [4.78, 5) is 23.9. The van der Waals surface area contributed by atoms with Crippen molar-refractivity contribution in [1.29, 1.82) is 15.8 Å². The van der Waals surface area contributed by atoms with Gasteiger partial charge in [-0.25, -0.2) is 24.9 Å². The second kappa shape index (κ2) is 26.3. The Balaban J connectivity index is 0.000000133. The van der Waals surface area contributed by atoms with E-state index in [-0.39, 0.29) is 22.4 Å². The molecule has 10 aromatic rings. The molecule has 0 unspecified atom stereocenters. The van der Waals surface area contributed by atoms with Crippen molar-refractivity contribution >= 4 is 114 Å². The zero-order valence-corrected chi connectivity index (χ0v) is 55.4. The average molecular weight is 1270 g/mol. The Morgan fingerprint density at radius 2 is 0.841 bits per heavy atom. The number of aromatic nitrogens is 5. The molecule has 2 aromatic carbocycles. The minimum Gasteiger partial charge on any atom is -0.449 e. The molecule has 11 heterocycles. The summed E-state index contributed by atoms with van der Waals surface area (Å²) >= 11 is 16.2. The summed E-state index contributed by atoms with van der Waals surface area (Å²) in [7, 11) is -1.42. The molecule has 8 aromatic heterocycles. The highest BCUT2D eigenvalue weighted by molar-refractivity contribution is 7.17. The first-order valence-corrected chi connectivity index (χ1v) is 31.8. The average Bonchev–Trinajstić information content (AvgIpc) is 1.67. The maximum Gasteiger partial charge on any atom is 0.495 e. The lowest BCUT2D eigenvalue weighted by Gasteiger charge is -2.32. The summed E-state index contributed by atoms with van der Waals surface area (Å²) in [6.45, 7) is 27.9. The Labute approximate surface area is 536 Å². The fourth-order valence-electron chi connectivity index (χ4n) is 9.15. The summed E-state index contributed by atoms with van der Waals surface area (Å²) in [5.74, 6) is 1.88. The molecular formula is C64H65B3Cl2N8O8S3. The minimum absolute atomic E-state index is 0.360. The standard InChI is InChI=1S/C19H13N3OS.C14H15BN2O2S.C12H24B2O4.C11H10ClNO.C8H3ClN2S/c1-12-21-18(11-23-12)14-4-2-13(3-5-14)8-15-9-16(10-20)22-19-17(15)6-7-24-19;1-13(2)14(3,4)19-15(18-13)11-7-9(8-16)17-12-10(11)5-6-20-12;1-9(2)10(3,4)16-13(15-9)14-17-11(5,6)12(7,8)18-14;1-8-13-11(7-14-8)10-4-2-9(6-12)3-5-10;9-7-3-5(4-10)11-8-6(7)1-2-12-8/h2-7,9,11H,8H2,1H3;5-7H,1-4H3;1-8H3;2-5,7H,6H2,1H3;1-3H. The quantitative estimate of drug-likeness (QED) is 0.107. The molecular weight excluding hydrogens is 1210 g/mol. The van der Waals surface area contributed by atoms with Crippen LogP contribution < -0.4 is 5.46 Å². The smallest absolute Gasteiger partial charge is 0.449 e. The van der Waals surface area contributed by atoms with Gasteiger partial charge in [-0.3, -0.25) is 0 Å². The van der Waals surface area contributed by atoms with Crippen LogP contribution in [0.1, 0.15) is 129 Å². The van der Waals surface area contributed by atoms with Crippen molar-refractivity contribution in [3.05, 3.63) is 164 Å².